The topological polar surface area (TPSA) is 64.6 Å². The van der Waals surface area contributed by atoms with Gasteiger partial charge in [-0.15, -0.1) is 0 Å². The average molecular weight is 313 g/mol. The largest absolute Gasteiger partial charge is 0.490 e. The van der Waals surface area contributed by atoms with Gasteiger partial charge in [-0.1, -0.05) is 0 Å². The van der Waals surface area contributed by atoms with Gasteiger partial charge in [0.25, 0.3) is 0 Å². The molecule has 0 amide bonds. The maximum atomic E-state index is 11.4. The van der Waals surface area contributed by atoms with E-state index in [1.54, 1.807) is 0 Å². The van der Waals surface area contributed by atoms with Gasteiger partial charge >= 0.3 is 0 Å². The second kappa shape index (κ2) is 7.02. The van der Waals surface area contributed by atoms with E-state index in [0.29, 0.717) is 31.8 Å². The number of hydrogen-bond acceptors (Lipinski definition) is 5. The van der Waals surface area contributed by atoms with Crippen molar-refractivity contribution in [2.24, 2.45) is 0 Å². The Bertz CT molecular complexity index is 557. The molecule has 0 aromatic heterocycles. The lowest BCUT2D eigenvalue weighted by Crippen LogP contribution is -2.32. The van der Waals surface area contributed by atoms with Gasteiger partial charge in [0.1, 0.15) is 9.84 Å². The van der Waals surface area contributed by atoms with Crippen molar-refractivity contribution >= 4 is 15.5 Å². The minimum atomic E-state index is -2.82. The van der Waals surface area contributed by atoms with Crippen LogP contribution in [0.3, 0.4) is 0 Å². The van der Waals surface area contributed by atoms with E-state index in [2.05, 4.69) is 5.32 Å². The van der Waals surface area contributed by atoms with Gasteiger partial charge in [0, 0.05) is 17.8 Å². The first-order valence-electron chi connectivity index (χ1n) is 7.40. The Labute approximate surface area is 126 Å². The minimum absolute atomic E-state index is 0.195. The molecule has 0 atom stereocenters. The fraction of sp³-hybridized carbons (Fsp3) is 0.600. The highest BCUT2D eigenvalue weighted by atomic mass is 32.2. The molecule has 0 aliphatic carbocycles. The number of sulfone groups is 1. The predicted molar refractivity (Wildman–Crippen MR) is 84.1 cm³/mol. The zero-order chi connectivity index (χ0) is 15.3. The van der Waals surface area contributed by atoms with Crippen LogP contribution in [0.5, 0.6) is 11.5 Å². The molecule has 0 unspecified atom stereocenters. The first kappa shape index (κ1) is 15.9. The normalized spacial score (nSPS) is 18.2. The highest BCUT2D eigenvalue weighted by Crippen LogP contribution is 2.31. The summed E-state index contributed by atoms with van der Waals surface area (Å²) in [6.07, 6.45) is 1.30. The highest BCUT2D eigenvalue weighted by molar-refractivity contribution is 7.91. The van der Waals surface area contributed by atoms with Crippen LogP contribution in [0, 0.1) is 0 Å². The van der Waals surface area contributed by atoms with Crippen LogP contribution in [0.2, 0.25) is 0 Å². The standard InChI is InChI=1S/C15H23NO4S/c1-3-19-14-6-5-13(11-15(14)20-4-2)16-12-7-9-21(17,18)10-8-12/h5-6,11-12,16H,3-4,7-10H2,1-2H3. The van der Waals surface area contributed by atoms with E-state index in [4.69, 9.17) is 9.47 Å². The molecule has 1 aliphatic heterocycles. The van der Waals surface area contributed by atoms with Crippen molar-refractivity contribution in [3.05, 3.63) is 18.2 Å². The summed E-state index contributed by atoms with van der Waals surface area (Å²) in [7, 11) is -2.82. The SMILES string of the molecule is CCOc1ccc(NC2CCS(=O)(=O)CC2)cc1OCC. The molecule has 0 bridgehead atoms. The molecule has 1 N–H and O–H groups in total. The Hall–Kier alpha value is -1.43. The minimum Gasteiger partial charge on any atom is -0.490 e. The van der Waals surface area contributed by atoms with Crippen molar-refractivity contribution < 1.29 is 17.9 Å². The number of anilines is 1. The van der Waals surface area contributed by atoms with Crippen LogP contribution in [0.4, 0.5) is 5.69 Å². The summed E-state index contributed by atoms with van der Waals surface area (Å²) in [6, 6.07) is 5.94. The maximum absolute atomic E-state index is 11.4. The first-order valence-corrected chi connectivity index (χ1v) is 9.23. The first-order chi connectivity index (χ1) is 10.0. The second-order valence-corrected chi connectivity index (χ2v) is 7.40. The van der Waals surface area contributed by atoms with Crippen molar-refractivity contribution in [1.82, 2.24) is 0 Å². The Morgan fingerprint density at radius 3 is 2.33 bits per heavy atom. The lowest BCUT2D eigenvalue weighted by Gasteiger charge is -2.24. The summed E-state index contributed by atoms with van der Waals surface area (Å²) in [5.41, 5.74) is 0.936. The van der Waals surface area contributed by atoms with Gasteiger partial charge < -0.3 is 14.8 Å². The summed E-state index contributed by atoms with van der Waals surface area (Å²) in [6.45, 7) is 5.03. The number of nitrogens with one attached hydrogen (secondary N) is 1. The Morgan fingerprint density at radius 2 is 1.71 bits per heavy atom. The molecule has 1 saturated heterocycles. The zero-order valence-corrected chi connectivity index (χ0v) is 13.4. The van der Waals surface area contributed by atoms with Crippen molar-refractivity contribution in [1.29, 1.82) is 0 Å². The van der Waals surface area contributed by atoms with Crippen LogP contribution in [0.1, 0.15) is 26.7 Å². The van der Waals surface area contributed by atoms with Crippen molar-refractivity contribution in [3.63, 3.8) is 0 Å². The van der Waals surface area contributed by atoms with E-state index in [0.717, 1.165) is 11.4 Å². The Kier molecular flexibility index (Phi) is 5.33. The van der Waals surface area contributed by atoms with E-state index in [1.807, 2.05) is 32.0 Å². The second-order valence-electron chi connectivity index (χ2n) is 5.10. The van der Waals surface area contributed by atoms with Gasteiger partial charge in [-0.05, 0) is 38.8 Å². The van der Waals surface area contributed by atoms with Gasteiger partial charge in [-0.3, -0.25) is 0 Å². The Morgan fingerprint density at radius 1 is 1.10 bits per heavy atom. The van der Waals surface area contributed by atoms with Crippen LogP contribution in [0.25, 0.3) is 0 Å². The van der Waals surface area contributed by atoms with Crippen LogP contribution >= 0.6 is 0 Å². The average Bonchev–Trinajstić information content (AvgIpc) is 2.44. The smallest absolute Gasteiger partial charge is 0.163 e. The third-order valence-corrected chi connectivity index (χ3v) is 5.18. The lowest BCUT2D eigenvalue weighted by molar-refractivity contribution is 0.288. The molecule has 2 rings (SSSR count). The number of rotatable bonds is 6. The molecule has 1 fully saturated rings. The van der Waals surface area contributed by atoms with Crippen molar-refractivity contribution in [2.45, 2.75) is 32.7 Å². The van der Waals surface area contributed by atoms with E-state index in [9.17, 15) is 8.42 Å². The van der Waals surface area contributed by atoms with Gasteiger partial charge in [0.15, 0.2) is 11.5 Å². The third kappa shape index (κ3) is 4.52. The molecule has 6 heteroatoms. The predicted octanol–water partition coefficient (Wildman–Crippen LogP) is 2.47. The monoisotopic (exact) mass is 313 g/mol. The molecule has 1 aromatic rings. The Balaban J connectivity index is 2.05. The maximum Gasteiger partial charge on any atom is 0.163 e. The van der Waals surface area contributed by atoms with Crippen molar-refractivity contribution in [3.8, 4) is 11.5 Å². The van der Waals surface area contributed by atoms with E-state index in [1.165, 1.54) is 0 Å². The van der Waals surface area contributed by atoms with Gasteiger partial charge in [0.05, 0.1) is 24.7 Å². The lowest BCUT2D eigenvalue weighted by atomic mass is 10.1. The molecule has 0 saturated carbocycles. The number of benzene rings is 1. The van der Waals surface area contributed by atoms with E-state index >= 15 is 0 Å². The summed E-state index contributed by atoms with van der Waals surface area (Å²) >= 11 is 0. The summed E-state index contributed by atoms with van der Waals surface area (Å²) in [4.78, 5) is 0. The molecule has 1 aromatic carbocycles. The quantitative estimate of drug-likeness (QED) is 0.874. The summed E-state index contributed by atoms with van der Waals surface area (Å²) < 4.78 is 34.0. The molecule has 0 spiro atoms. The van der Waals surface area contributed by atoms with Crippen LogP contribution in [0.15, 0.2) is 18.2 Å². The molecule has 5 nitrogen and oxygen atoms in total. The molecule has 118 valence electrons. The van der Waals surface area contributed by atoms with Gasteiger partial charge in [-0.2, -0.15) is 0 Å². The van der Waals surface area contributed by atoms with Crippen LogP contribution in [-0.4, -0.2) is 39.2 Å². The number of ether oxygens (including phenoxy) is 2. The van der Waals surface area contributed by atoms with Gasteiger partial charge in [-0.25, -0.2) is 8.42 Å². The third-order valence-electron chi connectivity index (χ3n) is 3.47. The number of hydrogen-bond donors (Lipinski definition) is 1. The highest BCUT2D eigenvalue weighted by Gasteiger charge is 2.23. The van der Waals surface area contributed by atoms with Crippen LogP contribution in [-0.2, 0) is 9.84 Å². The van der Waals surface area contributed by atoms with Crippen LogP contribution < -0.4 is 14.8 Å². The molecular weight excluding hydrogens is 290 g/mol. The fourth-order valence-electron chi connectivity index (χ4n) is 2.41. The zero-order valence-electron chi connectivity index (χ0n) is 12.6. The van der Waals surface area contributed by atoms with Gasteiger partial charge in [0.2, 0.25) is 0 Å². The summed E-state index contributed by atoms with van der Waals surface area (Å²) in [5.74, 6) is 1.98. The molecule has 21 heavy (non-hydrogen) atoms. The molecular formula is C15H23NO4S. The molecule has 1 heterocycles. The van der Waals surface area contributed by atoms with E-state index in [-0.39, 0.29) is 17.5 Å². The summed E-state index contributed by atoms with van der Waals surface area (Å²) in [5, 5.41) is 3.39. The molecule has 0 radical (unpaired) electrons. The molecule has 1 aliphatic rings. The van der Waals surface area contributed by atoms with E-state index < -0.39 is 9.84 Å². The fourth-order valence-corrected chi connectivity index (χ4v) is 3.90. The van der Waals surface area contributed by atoms with Crippen molar-refractivity contribution in [2.75, 3.05) is 30.0 Å².